The van der Waals surface area contributed by atoms with Gasteiger partial charge in [-0.25, -0.2) is 0 Å². The number of rotatable bonds is 4. The summed E-state index contributed by atoms with van der Waals surface area (Å²) in [6, 6.07) is 7.46. The maximum Gasteiger partial charge on any atom is 0.257 e. The molecule has 4 aliphatic rings. The van der Waals surface area contributed by atoms with Gasteiger partial charge in [0.2, 0.25) is 5.91 Å². The van der Waals surface area contributed by atoms with Crippen LogP contribution < -0.4 is 4.74 Å². The second-order valence-electron chi connectivity index (χ2n) is 9.80. The molecule has 2 bridgehead atoms. The van der Waals surface area contributed by atoms with Crippen LogP contribution in [0.4, 0.5) is 0 Å². The van der Waals surface area contributed by atoms with E-state index in [-0.39, 0.29) is 17.2 Å². The first-order valence-corrected chi connectivity index (χ1v) is 12.7. The van der Waals surface area contributed by atoms with Crippen LogP contribution in [0.5, 0.6) is 5.75 Å². The van der Waals surface area contributed by atoms with Crippen LogP contribution in [-0.2, 0) is 14.3 Å². The van der Waals surface area contributed by atoms with Gasteiger partial charge in [-0.15, -0.1) is 0 Å². The van der Waals surface area contributed by atoms with Crippen LogP contribution in [0, 0.1) is 5.41 Å². The second kappa shape index (κ2) is 12.0. The molecule has 4 aliphatic heterocycles. The van der Waals surface area contributed by atoms with E-state index in [1.54, 1.807) is 7.11 Å². The minimum atomic E-state index is 0.0248. The molecule has 0 unspecified atom stereocenters. The van der Waals surface area contributed by atoms with Crippen LogP contribution >= 0.6 is 0 Å². The van der Waals surface area contributed by atoms with E-state index in [1.165, 1.54) is 0 Å². The molecule has 188 valence electrons. The van der Waals surface area contributed by atoms with Crippen molar-refractivity contribution >= 4 is 11.8 Å². The van der Waals surface area contributed by atoms with E-state index >= 15 is 0 Å². The maximum absolute atomic E-state index is 13.3. The lowest BCUT2D eigenvalue weighted by Crippen LogP contribution is -2.46. The lowest BCUT2D eigenvalue weighted by molar-refractivity contribution is -0.134. The summed E-state index contributed by atoms with van der Waals surface area (Å²) in [6.45, 7) is 7.16. The Labute approximate surface area is 203 Å². The molecule has 5 rings (SSSR count). The van der Waals surface area contributed by atoms with E-state index in [0.717, 1.165) is 64.8 Å². The Bertz CT molecular complexity index is 818. The average molecular weight is 474 g/mol. The lowest BCUT2D eigenvalue weighted by Gasteiger charge is -2.41. The third-order valence-corrected chi connectivity index (χ3v) is 7.50. The van der Waals surface area contributed by atoms with E-state index in [4.69, 9.17) is 14.2 Å². The number of morpholine rings is 1. The highest BCUT2D eigenvalue weighted by atomic mass is 16.5. The molecule has 34 heavy (non-hydrogen) atoms. The third-order valence-electron chi connectivity index (χ3n) is 7.50. The minimum Gasteiger partial charge on any atom is -0.491 e. The number of hydrogen-bond donors (Lipinski definition) is 0. The predicted octanol–water partition coefficient (Wildman–Crippen LogP) is 2.28. The standard InChI is InChI=1S/C26H39N3O5/c1-32-21-26-8-4-5-11-28(24(30)20-27-14-17-33-18-15-27)16-19-34-23-7-3-2-6-22(23)25(31)29(12-9-26)13-10-26/h2-3,6-7H,4-5,8-21H2,1H3. The summed E-state index contributed by atoms with van der Waals surface area (Å²) in [4.78, 5) is 32.5. The molecular weight excluding hydrogens is 434 g/mol. The summed E-state index contributed by atoms with van der Waals surface area (Å²) >= 11 is 0. The van der Waals surface area contributed by atoms with Crippen molar-refractivity contribution in [2.75, 3.05) is 79.4 Å². The smallest absolute Gasteiger partial charge is 0.257 e. The summed E-state index contributed by atoms with van der Waals surface area (Å²) in [5.74, 6) is 0.756. The van der Waals surface area contributed by atoms with Gasteiger partial charge in [-0.3, -0.25) is 14.5 Å². The summed E-state index contributed by atoms with van der Waals surface area (Å²) in [5.41, 5.74) is 0.701. The van der Waals surface area contributed by atoms with Gasteiger partial charge in [0.25, 0.3) is 5.91 Å². The van der Waals surface area contributed by atoms with Crippen LogP contribution in [0.15, 0.2) is 24.3 Å². The zero-order chi connectivity index (χ0) is 23.8. The van der Waals surface area contributed by atoms with Gasteiger partial charge in [-0.05, 0) is 43.2 Å². The number of carbonyl (C=O) groups excluding carboxylic acids is 2. The van der Waals surface area contributed by atoms with E-state index in [1.807, 2.05) is 34.1 Å². The average Bonchev–Trinajstić information content (AvgIpc) is 2.87. The maximum atomic E-state index is 13.3. The molecule has 1 aromatic rings. The largest absolute Gasteiger partial charge is 0.491 e. The Kier molecular flexibility index (Phi) is 8.80. The van der Waals surface area contributed by atoms with E-state index in [9.17, 15) is 9.59 Å². The number of hydrogen-bond acceptors (Lipinski definition) is 6. The van der Waals surface area contributed by atoms with Gasteiger partial charge in [-0.1, -0.05) is 18.6 Å². The van der Waals surface area contributed by atoms with Gasteiger partial charge in [0.05, 0.1) is 38.5 Å². The fourth-order valence-corrected chi connectivity index (χ4v) is 5.38. The Morgan fingerprint density at radius 3 is 2.50 bits per heavy atom. The third kappa shape index (κ3) is 6.29. The molecule has 4 heterocycles. The van der Waals surface area contributed by atoms with Gasteiger partial charge in [-0.2, -0.15) is 0 Å². The van der Waals surface area contributed by atoms with Crippen molar-refractivity contribution in [1.82, 2.24) is 14.7 Å². The van der Waals surface area contributed by atoms with E-state index < -0.39 is 0 Å². The number of benzene rings is 1. The highest BCUT2D eigenvalue weighted by Gasteiger charge is 2.36. The highest BCUT2D eigenvalue weighted by Crippen LogP contribution is 2.38. The molecule has 2 fully saturated rings. The molecule has 0 spiro atoms. The van der Waals surface area contributed by atoms with Crippen molar-refractivity contribution in [2.24, 2.45) is 5.41 Å². The van der Waals surface area contributed by atoms with Crippen molar-refractivity contribution in [3.05, 3.63) is 29.8 Å². The monoisotopic (exact) mass is 473 g/mol. The van der Waals surface area contributed by atoms with E-state index in [0.29, 0.717) is 50.8 Å². The molecule has 0 atom stereocenters. The second-order valence-corrected chi connectivity index (χ2v) is 9.80. The lowest BCUT2D eigenvalue weighted by atomic mass is 9.75. The fraction of sp³-hybridized carbons (Fsp3) is 0.692. The Morgan fingerprint density at radius 1 is 0.971 bits per heavy atom. The zero-order valence-electron chi connectivity index (χ0n) is 20.5. The predicted molar refractivity (Wildman–Crippen MR) is 129 cm³/mol. The number of methoxy groups -OCH3 is 1. The summed E-state index contributed by atoms with van der Waals surface area (Å²) in [6.07, 6.45) is 4.94. The number of piperidine rings is 1. The molecule has 2 amide bonds. The summed E-state index contributed by atoms with van der Waals surface area (Å²) in [5, 5.41) is 0. The number of ether oxygens (including phenoxy) is 3. The number of para-hydroxylation sites is 1. The zero-order valence-corrected chi connectivity index (χ0v) is 20.5. The highest BCUT2D eigenvalue weighted by molar-refractivity contribution is 5.97. The minimum absolute atomic E-state index is 0.0248. The van der Waals surface area contributed by atoms with Gasteiger partial charge in [0.1, 0.15) is 12.4 Å². The van der Waals surface area contributed by atoms with Gasteiger partial charge < -0.3 is 24.0 Å². The van der Waals surface area contributed by atoms with Crippen LogP contribution in [0.25, 0.3) is 0 Å². The van der Waals surface area contributed by atoms with Crippen molar-refractivity contribution in [3.8, 4) is 5.75 Å². The molecular formula is C26H39N3O5. The summed E-state index contributed by atoms with van der Waals surface area (Å²) < 4.78 is 17.1. The number of nitrogens with zero attached hydrogens (tertiary/aromatic N) is 3. The number of carbonyl (C=O) groups is 2. The van der Waals surface area contributed by atoms with Gasteiger partial charge >= 0.3 is 0 Å². The van der Waals surface area contributed by atoms with Crippen LogP contribution in [0.3, 0.4) is 0 Å². The molecule has 0 radical (unpaired) electrons. The molecule has 0 saturated carbocycles. The first-order valence-electron chi connectivity index (χ1n) is 12.7. The topological polar surface area (TPSA) is 71.5 Å². The normalized spacial score (nSPS) is 22.4. The van der Waals surface area contributed by atoms with Crippen molar-refractivity contribution in [2.45, 2.75) is 32.1 Å². The number of amides is 2. The quantitative estimate of drug-likeness (QED) is 0.668. The van der Waals surface area contributed by atoms with Crippen LogP contribution in [0.2, 0.25) is 0 Å². The molecule has 8 nitrogen and oxygen atoms in total. The van der Waals surface area contributed by atoms with Crippen molar-refractivity contribution in [1.29, 1.82) is 0 Å². The molecule has 2 saturated heterocycles. The summed E-state index contributed by atoms with van der Waals surface area (Å²) in [7, 11) is 1.77. The Balaban J connectivity index is 1.49. The van der Waals surface area contributed by atoms with Crippen LogP contribution in [-0.4, -0.2) is 106 Å². The molecule has 0 N–H and O–H groups in total. The Morgan fingerprint density at radius 2 is 1.74 bits per heavy atom. The molecule has 8 heteroatoms. The van der Waals surface area contributed by atoms with Crippen LogP contribution in [0.1, 0.15) is 42.5 Å². The van der Waals surface area contributed by atoms with Gasteiger partial charge in [0.15, 0.2) is 0 Å². The number of fused-ring (bicyclic) bond motifs is 9. The van der Waals surface area contributed by atoms with Crippen molar-refractivity contribution < 1.29 is 23.8 Å². The molecule has 0 aromatic heterocycles. The fourth-order valence-electron chi connectivity index (χ4n) is 5.38. The molecule has 0 aliphatic carbocycles. The van der Waals surface area contributed by atoms with E-state index in [2.05, 4.69) is 4.90 Å². The first-order chi connectivity index (χ1) is 16.6. The van der Waals surface area contributed by atoms with Crippen molar-refractivity contribution in [3.63, 3.8) is 0 Å². The first kappa shape index (κ1) is 24.9. The van der Waals surface area contributed by atoms with Gasteiger partial charge in [0, 0.05) is 39.8 Å². The molecule has 1 aromatic carbocycles. The SMILES string of the molecule is COCC12CCCCN(C(=O)CN3CCOCC3)CCOc3ccccc3C(=O)N(CC1)CC2. The Hall–Kier alpha value is -2.16.